The zero-order chi connectivity index (χ0) is 46.6. The van der Waals surface area contributed by atoms with Crippen molar-refractivity contribution in [3.05, 3.63) is 242 Å². The minimum absolute atomic E-state index is 0.295. The summed E-state index contributed by atoms with van der Waals surface area (Å²) in [5.74, 6) is 0.958. The summed E-state index contributed by atoms with van der Waals surface area (Å²) in [7, 11) is 0. The van der Waals surface area contributed by atoms with Crippen LogP contribution >= 0.6 is 11.3 Å². The molecule has 332 valence electrons. The standard InChI is InChI=1S/C66H42N4S/c1-3-18-45(19-4-1)60-40-57-65(71-60)62(46-31-29-44(30-32-46)50-26-13-20-41-15-7-10-23-49(41)50)68-66(67-57)70-58-37-35-47(39-56(58)54-36-33-43-17-9-12-25-52(43)63(54)70)53-27-14-28-55-61-51-24-11-8-16-42(51)34-38-59(61)69(64(53)55)48-21-5-2-6-22-48/h1-18,20-40,45H,19H2. The first-order chi connectivity index (χ1) is 35.2. The fourth-order valence-corrected chi connectivity index (χ4v) is 12.8. The third kappa shape index (κ3) is 6.23. The number of nitrogens with zero attached hydrogens (tertiary/aromatic N) is 4. The lowest BCUT2D eigenvalue weighted by atomic mass is 9.97. The van der Waals surface area contributed by atoms with Crippen LogP contribution in [0.4, 0.5) is 0 Å². The fraction of sp³-hybridized carbons (Fsp3) is 0.0303. The second-order valence-corrected chi connectivity index (χ2v) is 19.9. The molecule has 5 heteroatoms. The number of para-hydroxylation sites is 2. The molecule has 1 unspecified atom stereocenters. The third-order valence-electron chi connectivity index (χ3n) is 14.8. The Morgan fingerprint density at radius 2 is 1.10 bits per heavy atom. The molecule has 10 aromatic carbocycles. The van der Waals surface area contributed by atoms with Gasteiger partial charge in [0.05, 0.1) is 38.0 Å². The quantitative estimate of drug-likeness (QED) is 0.167. The van der Waals surface area contributed by atoms with Gasteiger partial charge in [0.15, 0.2) is 0 Å². The van der Waals surface area contributed by atoms with Gasteiger partial charge in [0, 0.05) is 54.5 Å². The predicted octanol–water partition coefficient (Wildman–Crippen LogP) is 17.9. The van der Waals surface area contributed by atoms with E-state index in [1.54, 1.807) is 0 Å². The van der Waals surface area contributed by atoms with Crippen molar-refractivity contribution in [1.82, 2.24) is 19.1 Å². The molecule has 4 heterocycles. The first-order valence-corrected chi connectivity index (χ1v) is 25.2. The van der Waals surface area contributed by atoms with Gasteiger partial charge in [-0.25, -0.2) is 9.97 Å². The lowest BCUT2D eigenvalue weighted by Crippen LogP contribution is -2.03. The van der Waals surface area contributed by atoms with Gasteiger partial charge in [-0.15, -0.1) is 11.3 Å². The van der Waals surface area contributed by atoms with Crippen molar-refractivity contribution in [2.45, 2.75) is 12.3 Å². The Bertz CT molecular complexity index is 4540. The Balaban J connectivity index is 0.973. The van der Waals surface area contributed by atoms with Crippen LogP contribution in [0.25, 0.3) is 131 Å². The minimum Gasteiger partial charge on any atom is -0.309 e. The largest absolute Gasteiger partial charge is 0.309 e. The summed E-state index contributed by atoms with van der Waals surface area (Å²) >= 11 is 1.82. The average Bonchev–Trinajstić information content (AvgIpc) is 4.14. The number of rotatable bonds is 6. The number of hydrogen-bond acceptors (Lipinski definition) is 3. The molecule has 0 fully saturated rings. The van der Waals surface area contributed by atoms with Gasteiger partial charge in [-0.1, -0.05) is 200 Å². The van der Waals surface area contributed by atoms with Crippen LogP contribution in [0.1, 0.15) is 17.2 Å². The van der Waals surface area contributed by atoms with E-state index in [-0.39, 0.29) is 0 Å². The van der Waals surface area contributed by atoms with Crippen molar-refractivity contribution in [2.75, 3.05) is 0 Å². The molecule has 0 bridgehead atoms. The molecule has 4 nitrogen and oxygen atoms in total. The van der Waals surface area contributed by atoms with Crippen LogP contribution < -0.4 is 0 Å². The van der Waals surface area contributed by atoms with Crippen LogP contribution in [0.2, 0.25) is 0 Å². The summed E-state index contributed by atoms with van der Waals surface area (Å²) in [5.41, 5.74) is 13.4. The number of fused-ring (bicyclic) bond motifs is 12. The molecule has 14 aromatic rings. The highest BCUT2D eigenvalue weighted by molar-refractivity contribution is 7.19. The van der Waals surface area contributed by atoms with Crippen molar-refractivity contribution < 1.29 is 0 Å². The number of thiophene rings is 1. The van der Waals surface area contributed by atoms with E-state index in [9.17, 15) is 0 Å². The van der Waals surface area contributed by atoms with E-state index in [4.69, 9.17) is 9.97 Å². The number of allylic oxidation sites excluding steroid dienone is 4. The highest BCUT2D eigenvalue weighted by Crippen LogP contribution is 2.45. The molecule has 71 heavy (non-hydrogen) atoms. The zero-order valence-corrected chi connectivity index (χ0v) is 39.3. The third-order valence-corrected chi connectivity index (χ3v) is 16.1. The van der Waals surface area contributed by atoms with Gasteiger partial charge in [-0.3, -0.25) is 4.57 Å². The van der Waals surface area contributed by atoms with Crippen LogP contribution in [-0.4, -0.2) is 19.1 Å². The van der Waals surface area contributed by atoms with E-state index < -0.39 is 0 Å². The monoisotopic (exact) mass is 922 g/mol. The Morgan fingerprint density at radius 1 is 0.437 bits per heavy atom. The second-order valence-electron chi connectivity index (χ2n) is 18.8. The van der Waals surface area contributed by atoms with Gasteiger partial charge >= 0.3 is 0 Å². The summed E-state index contributed by atoms with van der Waals surface area (Å²) in [4.78, 5) is 12.5. The average molecular weight is 923 g/mol. The number of aromatic nitrogens is 4. The van der Waals surface area contributed by atoms with Gasteiger partial charge in [-0.05, 0) is 86.4 Å². The maximum atomic E-state index is 5.67. The maximum Gasteiger partial charge on any atom is 0.235 e. The molecule has 0 spiro atoms. The normalized spacial score (nSPS) is 13.9. The van der Waals surface area contributed by atoms with Crippen molar-refractivity contribution in [1.29, 1.82) is 0 Å². The molecular formula is C66H42N4S. The van der Waals surface area contributed by atoms with Crippen molar-refractivity contribution in [2.24, 2.45) is 0 Å². The molecule has 4 aromatic heterocycles. The van der Waals surface area contributed by atoms with Crippen LogP contribution in [0.3, 0.4) is 0 Å². The number of hydrogen-bond donors (Lipinski definition) is 0. The van der Waals surface area contributed by atoms with Crippen molar-refractivity contribution in [3.8, 4) is 45.1 Å². The summed E-state index contributed by atoms with van der Waals surface area (Å²) in [6.07, 6.45) is 9.87. The van der Waals surface area contributed by atoms with E-state index in [2.05, 4.69) is 246 Å². The molecule has 1 atom stereocenters. The van der Waals surface area contributed by atoms with E-state index >= 15 is 0 Å². The second kappa shape index (κ2) is 15.8. The summed E-state index contributed by atoms with van der Waals surface area (Å²) in [6.45, 7) is 0. The van der Waals surface area contributed by atoms with Crippen molar-refractivity contribution in [3.63, 3.8) is 0 Å². The lowest BCUT2D eigenvalue weighted by Gasteiger charge is -2.13. The SMILES string of the molecule is C1=CCC(c2cc3nc(-n4c5ccc(-c6cccc7c8c9ccccc9ccc8n(-c8ccccc8)c67)cc5c5ccc6ccccc6c54)nc(-c4ccc(-c5cccc6ccccc56)cc4)c3s2)C=C1. The maximum absolute atomic E-state index is 5.67. The Hall–Kier alpha value is -8.90. The summed E-state index contributed by atoms with van der Waals surface area (Å²) in [6, 6.07) is 77.7. The van der Waals surface area contributed by atoms with E-state index in [1.807, 2.05) is 11.3 Å². The van der Waals surface area contributed by atoms with Crippen LogP contribution in [0.15, 0.2) is 237 Å². The molecule has 0 amide bonds. The number of benzene rings is 10. The molecule has 0 aliphatic heterocycles. The predicted molar refractivity (Wildman–Crippen MR) is 301 cm³/mol. The highest BCUT2D eigenvalue weighted by atomic mass is 32.1. The zero-order valence-electron chi connectivity index (χ0n) is 38.5. The van der Waals surface area contributed by atoms with Crippen LogP contribution in [0, 0.1) is 0 Å². The molecular weight excluding hydrogens is 881 g/mol. The molecule has 1 aliphatic carbocycles. The first kappa shape index (κ1) is 40.0. The molecule has 15 rings (SSSR count). The Morgan fingerprint density at radius 3 is 1.93 bits per heavy atom. The first-order valence-electron chi connectivity index (χ1n) is 24.4. The minimum atomic E-state index is 0.295. The molecule has 0 radical (unpaired) electrons. The van der Waals surface area contributed by atoms with E-state index in [1.165, 1.54) is 70.3 Å². The van der Waals surface area contributed by atoms with Crippen LogP contribution in [0.5, 0.6) is 0 Å². The Kier molecular flexibility index (Phi) is 8.92. The van der Waals surface area contributed by atoms with Gasteiger partial charge in [0.1, 0.15) is 0 Å². The smallest absolute Gasteiger partial charge is 0.235 e. The van der Waals surface area contributed by atoms with Gasteiger partial charge in [0.25, 0.3) is 0 Å². The van der Waals surface area contributed by atoms with E-state index in [0.717, 1.165) is 66.3 Å². The van der Waals surface area contributed by atoms with Gasteiger partial charge < -0.3 is 4.57 Å². The fourth-order valence-electron chi connectivity index (χ4n) is 11.6. The van der Waals surface area contributed by atoms with E-state index in [0.29, 0.717) is 11.9 Å². The molecule has 0 saturated carbocycles. The van der Waals surface area contributed by atoms with Gasteiger partial charge in [0.2, 0.25) is 5.95 Å². The molecule has 0 N–H and O–H groups in total. The molecule has 1 aliphatic rings. The lowest BCUT2D eigenvalue weighted by molar-refractivity contribution is 0.874. The van der Waals surface area contributed by atoms with Crippen molar-refractivity contribution >= 4 is 97.5 Å². The van der Waals surface area contributed by atoms with Crippen LogP contribution in [-0.2, 0) is 0 Å². The topological polar surface area (TPSA) is 35.6 Å². The highest BCUT2D eigenvalue weighted by Gasteiger charge is 2.24. The molecule has 0 saturated heterocycles. The Labute approximate surface area is 413 Å². The summed E-state index contributed by atoms with van der Waals surface area (Å²) < 4.78 is 5.90. The van der Waals surface area contributed by atoms with Gasteiger partial charge in [-0.2, -0.15) is 0 Å². The summed E-state index contributed by atoms with van der Waals surface area (Å²) in [5, 5.41) is 12.1.